The molecule has 2 rings (SSSR count). The van der Waals surface area contributed by atoms with Gasteiger partial charge in [0.05, 0.1) is 5.25 Å². The third kappa shape index (κ3) is 3.33. The van der Waals surface area contributed by atoms with Gasteiger partial charge >= 0.3 is 5.97 Å². The Kier molecular flexibility index (Phi) is 5.06. The molecule has 1 aromatic carbocycles. The number of carboxylic acids is 1. The maximum Gasteiger partial charge on any atom is 0.326 e. The van der Waals surface area contributed by atoms with Gasteiger partial charge in [0.15, 0.2) is 0 Å². The van der Waals surface area contributed by atoms with Gasteiger partial charge in [-0.1, -0.05) is 25.1 Å². The zero-order valence-electron chi connectivity index (χ0n) is 11.5. The van der Waals surface area contributed by atoms with E-state index in [9.17, 15) is 14.7 Å². The molecule has 1 heterocycles. The number of carboxylic acid groups (broad SMARTS) is 1. The fourth-order valence-corrected chi connectivity index (χ4v) is 3.49. The van der Waals surface area contributed by atoms with E-state index >= 15 is 0 Å². The Bertz CT molecular complexity index is 477. The maximum atomic E-state index is 12.5. The molecule has 108 valence electrons. The van der Waals surface area contributed by atoms with Crippen LogP contribution in [0, 0.1) is 0 Å². The lowest BCUT2D eigenvalue weighted by atomic mass is 10.2. The third-order valence-electron chi connectivity index (χ3n) is 3.49. The topological polar surface area (TPSA) is 57.6 Å². The normalized spacial score (nSPS) is 19.9. The largest absolute Gasteiger partial charge is 0.480 e. The fraction of sp³-hybridized carbons (Fsp3) is 0.467. The van der Waals surface area contributed by atoms with Crippen LogP contribution in [0.25, 0.3) is 0 Å². The Morgan fingerprint density at radius 2 is 2.10 bits per heavy atom. The Balaban J connectivity index is 2.07. The first-order valence-electron chi connectivity index (χ1n) is 6.88. The fourth-order valence-electron chi connectivity index (χ4n) is 2.44. The highest BCUT2D eigenvalue weighted by atomic mass is 32.2. The molecule has 1 fully saturated rings. The highest BCUT2D eigenvalue weighted by Gasteiger charge is 2.36. The van der Waals surface area contributed by atoms with Crippen molar-refractivity contribution in [2.75, 3.05) is 6.54 Å². The Morgan fingerprint density at radius 3 is 2.70 bits per heavy atom. The molecule has 0 aliphatic carbocycles. The quantitative estimate of drug-likeness (QED) is 0.848. The summed E-state index contributed by atoms with van der Waals surface area (Å²) in [7, 11) is 0. The second-order valence-corrected chi connectivity index (χ2v) is 6.13. The van der Waals surface area contributed by atoms with Crippen molar-refractivity contribution >= 4 is 23.6 Å². The van der Waals surface area contributed by atoms with Crippen LogP contribution in [0.5, 0.6) is 0 Å². The number of carbonyl (C=O) groups excluding carboxylic acids is 1. The van der Waals surface area contributed by atoms with E-state index in [1.807, 2.05) is 37.3 Å². The van der Waals surface area contributed by atoms with Gasteiger partial charge in [-0.05, 0) is 31.4 Å². The van der Waals surface area contributed by atoms with Crippen molar-refractivity contribution in [3.05, 3.63) is 30.3 Å². The third-order valence-corrected chi connectivity index (χ3v) is 4.85. The highest BCUT2D eigenvalue weighted by Crippen LogP contribution is 2.29. The molecular weight excluding hydrogens is 274 g/mol. The van der Waals surface area contributed by atoms with Crippen LogP contribution in [0.3, 0.4) is 0 Å². The summed E-state index contributed by atoms with van der Waals surface area (Å²) in [6.07, 6.45) is 2.03. The number of hydrogen-bond acceptors (Lipinski definition) is 3. The van der Waals surface area contributed by atoms with Crippen molar-refractivity contribution in [3.8, 4) is 0 Å². The van der Waals surface area contributed by atoms with Crippen molar-refractivity contribution in [1.29, 1.82) is 0 Å². The van der Waals surface area contributed by atoms with Gasteiger partial charge in [-0.25, -0.2) is 4.79 Å². The molecule has 0 bridgehead atoms. The van der Waals surface area contributed by atoms with E-state index in [1.165, 1.54) is 16.7 Å². The Hall–Kier alpha value is -1.49. The van der Waals surface area contributed by atoms with E-state index in [0.717, 1.165) is 11.3 Å². The minimum Gasteiger partial charge on any atom is -0.480 e. The van der Waals surface area contributed by atoms with Crippen molar-refractivity contribution in [2.24, 2.45) is 0 Å². The number of amides is 1. The summed E-state index contributed by atoms with van der Waals surface area (Å²) >= 11 is 1.51. The number of nitrogens with zero attached hydrogens (tertiary/aromatic N) is 1. The zero-order valence-corrected chi connectivity index (χ0v) is 12.3. The predicted molar refractivity (Wildman–Crippen MR) is 78.7 cm³/mol. The molecule has 5 heteroatoms. The Labute approximate surface area is 123 Å². The van der Waals surface area contributed by atoms with E-state index in [1.54, 1.807) is 0 Å². The molecular formula is C15H19NO3S. The molecule has 1 aliphatic rings. The molecule has 2 unspecified atom stereocenters. The van der Waals surface area contributed by atoms with Crippen LogP contribution >= 0.6 is 11.8 Å². The van der Waals surface area contributed by atoms with Gasteiger partial charge < -0.3 is 10.0 Å². The van der Waals surface area contributed by atoms with Crippen molar-refractivity contribution < 1.29 is 14.7 Å². The van der Waals surface area contributed by atoms with Crippen LogP contribution in [0.1, 0.15) is 26.2 Å². The number of rotatable bonds is 5. The molecule has 0 spiro atoms. The second kappa shape index (κ2) is 6.79. The lowest BCUT2D eigenvalue weighted by Crippen LogP contribution is -2.44. The molecule has 1 saturated heterocycles. The van der Waals surface area contributed by atoms with Crippen LogP contribution in [0.4, 0.5) is 0 Å². The van der Waals surface area contributed by atoms with Gasteiger partial charge in [0.25, 0.3) is 0 Å². The number of hydrogen-bond donors (Lipinski definition) is 1. The van der Waals surface area contributed by atoms with Crippen LogP contribution in [0.15, 0.2) is 35.2 Å². The van der Waals surface area contributed by atoms with Crippen LogP contribution in [0.2, 0.25) is 0 Å². The summed E-state index contributed by atoms with van der Waals surface area (Å²) in [6.45, 7) is 2.52. The van der Waals surface area contributed by atoms with E-state index in [0.29, 0.717) is 19.4 Å². The highest BCUT2D eigenvalue weighted by molar-refractivity contribution is 8.00. The molecule has 4 nitrogen and oxygen atoms in total. The molecule has 0 saturated carbocycles. The molecule has 0 radical (unpaired) electrons. The van der Waals surface area contributed by atoms with Crippen molar-refractivity contribution in [1.82, 2.24) is 4.90 Å². The first-order valence-corrected chi connectivity index (χ1v) is 7.76. The number of carbonyl (C=O) groups is 2. The van der Waals surface area contributed by atoms with Gasteiger partial charge in [-0.2, -0.15) is 0 Å². The molecule has 1 aliphatic heterocycles. The number of benzene rings is 1. The van der Waals surface area contributed by atoms with Gasteiger partial charge in [0.2, 0.25) is 5.91 Å². The first-order chi connectivity index (χ1) is 9.63. The van der Waals surface area contributed by atoms with E-state index in [4.69, 9.17) is 0 Å². The number of thioether (sulfide) groups is 1. The molecule has 2 atom stereocenters. The second-order valence-electron chi connectivity index (χ2n) is 4.86. The van der Waals surface area contributed by atoms with Gasteiger partial charge in [-0.3, -0.25) is 4.79 Å². The van der Waals surface area contributed by atoms with Crippen molar-refractivity contribution in [3.63, 3.8) is 0 Å². The number of likely N-dealkylation sites (tertiary alicyclic amines) is 1. The van der Waals surface area contributed by atoms with Gasteiger partial charge in [0, 0.05) is 11.4 Å². The lowest BCUT2D eigenvalue weighted by molar-refractivity contribution is -0.148. The summed E-state index contributed by atoms with van der Waals surface area (Å²) in [5.74, 6) is -0.943. The molecule has 0 aromatic heterocycles. The molecule has 1 N–H and O–H groups in total. The summed E-state index contributed by atoms with van der Waals surface area (Å²) < 4.78 is 0. The molecule has 1 aromatic rings. The van der Waals surface area contributed by atoms with Crippen LogP contribution in [-0.2, 0) is 9.59 Å². The SMILES string of the molecule is CCC(Sc1ccccc1)C(=O)N1CCCC1C(=O)O. The minimum absolute atomic E-state index is 0.0498. The van der Waals surface area contributed by atoms with Crippen molar-refractivity contribution in [2.45, 2.75) is 42.4 Å². The summed E-state index contributed by atoms with van der Waals surface area (Å²) in [5, 5.41) is 8.97. The van der Waals surface area contributed by atoms with E-state index < -0.39 is 12.0 Å². The summed E-state index contributed by atoms with van der Waals surface area (Å²) in [5.41, 5.74) is 0. The molecule has 20 heavy (non-hydrogen) atoms. The van der Waals surface area contributed by atoms with Crippen LogP contribution < -0.4 is 0 Å². The van der Waals surface area contributed by atoms with E-state index in [2.05, 4.69) is 0 Å². The summed E-state index contributed by atoms with van der Waals surface area (Å²) in [6, 6.07) is 9.12. The first kappa shape index (κ1) is 14.9. The smallest absolute Gasteiger partial charge is 0.326 e. The number of aliphatic carboxylic acids is 1. The molecule has 1 amide bonds. The minimum atomic E-state index is -0.893. The van der Waals surface area contributed by atoms with Crippen LogP contribution in [-0.4, -0.2) is 39.7 Å². The Morgan fingerprint density at radius 1 is 1.40 bits per heavy atom. The average molecular weight is 293 g/mol. The maximum absolute atomic E-state index is 12.5. The van der Waals surface area contributed by atoms with Gasteiger partial charge in [-0.15, -0.1) is 11.8 Å². The lowest BCUT2D eigenvalue weighted by Gasteiger charge is -2.25. The van der Waals surface area contributed by atoms with Gasteiger partial charge in [0.1, 0.15) is 6.04 Å². The van der Waals surface area contributed by atoms with E-state index in [-0.39, 0.29) is 11.2 Å². The zero-order chi connectivity index (χ0) is 14.5. The summed E-state index contributed by atoms with van der Waals surface area (Å²) in [4.78, 5) is 26.3. The average Bonchev–Trinajstić information content (AvgIpc) is 2.94. The monoisotopic (exact) mass is 293 g/mol. The predicted octanol–water partition coefficient (Wildman–Crippen LogP) is 2.63. The standard InChI is InChI=1S/C15H19NO3S/c1-2-13(20-11-7-4-3-5-8-11)14(17)16-10-6-9-12(16)15(18)19/h3-5,7-8,12-13H,2,6,9-10H2,1H3,(H,18,19).